The Kier molecular flexibility index (Phi) is 5.01. The third kappa shape index (κ3) is 4.04. The van der Waals surface area contributed by atoms with Crippen LogP contribution < -0.4 is 15.5 Å². The van der Waals surface area contributed by atoms with E-state index in [0.717, 1.165) is 17.6 Å². The molecule has 30 heavy (non-hydrogen) atoms. The maximum absolute atomic E-state index is 12.9. The zero-order chi connectivity index (χ0) is 21.3. The average molecular weight is 420 g/mol. The summed E-state index contributed by atoms with van der Waals surface area (Å²) in [6.07, 6.45) is 1.06. The fourth-order valence-electron chi connectivity index (χ4n) is 3.23. The fraction of sp³-hybridized carbons (Fsp3) is 0.0909. The fourth-order valence-corrected chi connectivity index (χ4v) is 3.83. The molecule has 2 N–H and O–H groups in total. The van der Waals surface area contributed by atoms with Gasteiger partial charge in [0.05, 0.1) is 23.0 Å². The van der Waals surface area contributed by atoms with Gasteiger partial charge in [-0.3, -0.25) is 14.1 Å². The molecule has 0 aliphatic heterocycles. The van der Waals surface area contributed by atoms with Crippen LogP contribution in [0.1, 0.15) is 5.69 Å². The largest absolute Gasteiger partial charge is 0.341 e. The van der Waals surface area contributed by atoms with E-state index in [4.69, 9.17) is 0 Å². The maximum Gasteiger partial charge on any atom is 0.229 e. The molecule has 8 heteroatoms. The van der Waals surface area contributed by atoms with E-state index in [1.807, 2.05) is 65.2 Å². The SMILES string of the molecule is Cc1nc2c(cc1NS(C)(=O)=O)c(=O)cc(Nc1ccccc1)n2-c1ccccc1. The average Bonchev–Trinajstić information content (AvgIpc) is 2.70. The van der Waals surface area contributed by atoms with Crippen LogP contribution in [-0.2, 0) is 10.0 Å². The minimum atomic E-state index is -3.50. The summed E-state index contributed by atoms with van der Waals surface area (Å²) in [5.74, 6) is 0.556. The molecule has 0 fully saturated rings. The van der Waals surface area contributed by atoms with Crippen molar-refractivity contribution in [2.75, 3.05) is 16.3 Å². The number of sulfonamides is 1. The van der Waals surface area contributed by atoms with Crippen LogP contribution in [0.25, 0.3) is 16.7 Å². The van der Waals surface area contributed by atoms with Crippen molar-refractivity contribution >= 4 is 38.2 Å². The van der Waals surface area contributed by atoms with Crippen molar-refractivity contribution in [1.29, 1.82) is 0 Å². The number of rotatable bonds is 5. The van der Waals surface area contributed by atoms with Crippen molar-refractivity contribution in [3.8, 4) is 5.69 Å². The van der Waals surface area contributed by atoms with E-state index in [1.165, 1.54) is 12.1 Å². The Labute approximate surface area is 174 Å². The molecule has 4 rings (SSSR count). The number of hydrogen-bond donors (Lipinski definition) is 2. The maximum atomic E-state index is 12.9. The van der Waals surface area contributed by atoms with Gasteiger partial charge in [-0.05, 0) is 37.3 Å². The second kappa shape index (κ2) is 7.64. The van der Waals surface area contributed by atoms with E-state index in [9.17, 15) is 13.2 Å². The van der Waals surface area contributed by atoms with E-state index < -0.39 is 10.0 Å². The second-order valence-electron chi connectivity index (χ2n) is 6.92. The summed E-state index contributed by atoms with van der Waals surface area (Å²) in [5, 5.41) is 3.60. The number of hydrogen-bond acceptors (Lipinski definition) is 5. The molecular formula is C22H20N4O3S. The predicted octanol–water partition coefficient (Wildman–Crippen LogP) is 3.81. The molecule has 0 spiro atoms. The highest BCUT2D eigenvalue weighted by Crippen LogP contribution is 2.27. The highest BCUT2D eigenvalue weighted by molar-refractivity contribution is 7.92. The molecule has 7 nitrogen and oxygen atoms in total. The number of anilines is 3. The monoisotopic (exact) mass is 420 g/mol. The summed E-state index contributed by atoms with van der Waals surface area (Å²) in [4.78, 5) is 17.5. The summed E-state index contributed by atoms with van der Waals surface area (Å²) in [6.45, 7) is 1.70. The number of nitrogens with one attached hydrogen (secondary N) is 2. The van der Waals surface area contributed by atoms with Crippen molar-refractivity contribution in [3.05, 3.63) is 88.7 Å². The Morgan fingerprint density at radius 3 is 2.20 bits per heavy atom. The first-order valence-corrected chi connectivity index (χ1v) is 11.1. The highest BCUT2D eigenvalue weighted by atomic mass is 32.2. The molecule has 0 bridgehead atoms. The first kappa shape index (κ1) is 19.7. The van der Waals surface area contributed by atoms with Crippen LogP contribution in [0.3, 0.4) is 0 Å². The zero-order valence-corrected chi connectivity index (χ0v) is 17.3. The van der Waals surface area contributed by atoms with Gasteiger partial charge in [0, 0.05) is 17.4 Å². The smallest absolute Gasteiger partial charge is 0.229 e. The Morgan fingerprint density at radius 1 is 0.933 bits per heavy atom. The summed E-state index contributed by atoms with van der Waals surface area (Å²) in [6, 6.07) is 22.1. The van der Waals surface area contributed by atoms with Crippen molar-refractivity contribution in [1.82, 2.24) is 9.55 Å². The molecule has 2 aromatic heterocycles. The third-order valence-corrected chi connectivity index (χ3v) is 5.13. The number of pyridine rings is 2. The van der Waals surface area contributed by atoms with Crippen LogP contribution in [0, 0.1) is 6.92 Å². The second-order valence-corrected chi connectivity index (χ2v) is 8.67. The van der Waals surface area contributed by atoms with Gasteiger partial charge in [0.15, 0.2) is 5.43 Å². The molecule has 152 valence electrons. The van der Waals surface area contributed by atoms with E-state index >= 15 is 0 Å². The van der Waals surface area contributed by atoms with Gasteiger partial charge >= 0.3 is 0 Å². The van der Waals surface area contributed by atoms with Crippen LogP contribution in [-0.4, -0.2) is 24.2 Å². The van der Waals surface area contributed by atoms with Crippen LogP contribution >= 0.6 is 0 Å². The van der Waals surface area contributed by atoms with E-state index in [2.05, 4.69) is 15.0 Å². The number of aromatic nitrogens is 2. The normalized spacial score (nSPS) is 11.4. The van der Waals surface area contributed by atoms with Gasteiger partial charge in [0.25, 0.3) is 0 Å². The number of nitrogens with zero attached hydrogens (tertiary/aromatic N) is 2. The molecule has 0 amide bonds. The lowest BCUT2D eigenvalue weighted by molar-refractivity contribution is 0.606. The molecule has 0 saturated heterocycles. The number of para-hydroxylation sites is 2. The minimum absolute atomic E-state index is 0.264. The molecular weight excluding hydrogens is 400 g/mol. The lowest BCUT2D eigenvalue weighted by atomic mass is 10.2. The molecule has 2 heterocycles. The summed E-state index contributed by atoms with van der Waals surface area (Å²) in [7, 11) is -3.50. The van der Waals surface area contributed by atoms with Gasteiger partial charge in [-0.2, -0.15) is 0 Å². The van der Waals surface area contributed by atoms with E-state index in [1.54, 1.807) is 6.92 Å². The number of fused-ring (bicyclic) bond motifs is 1. The Bertz CT molecular complexity index is 1380. The predicted molar refractivity (Wildman–Crippen MR) is 120 cm³/mol. The molecule has 0 radical (unpaired) electrons. The quantitative estimate of drug-likeness (QED) is 0.512. The Hall–Kier alpha value is -3.65. The first-order chi connectivity index (χ1) is 14.3. The molecule has 0 unspecified atom stereocenters. The summed E-state index contributed by atoms with van der Waals surface area (Å²) in [5.41, 5.74) is 2.56. The van der Waals surface area contributed by atoms with Crippen LogP contribution in [0.5, 0.6) is 0 Å². The van der Waals surface area contributed by atoms with E-state index in [-0.39, 0.29) is 11.1 Å². The van der Waals surface area contributed by atoms with Crippen LogP contribution in [0.15, 0.2) is 77.6 Å². The molecule has 2 aromatic carbocycles. The van der Waals surface area contributed by atoms with Crippen molar-refractivity contribution < 1.29 is 8.42 Å². The standard InChI is InChI=1S/C22H20N4O3S/c1-15-19(25-30(2,28)29)13-18-20(27)14-21(24-16-9-5-3-6-10-16)26(22(18)23-15)17-11-7-4-8-12-17/h3-14,24-25H,1-2H3. The van der Waals surface area contributed by atoms with Crippen molar-refractivity contribution in [2.45, 2.75) is 6.92 Å². The molecule has 0 aliphatic rings. The van der Waals surface area contributed by atoms with Gasteiger partial charge < -0.3 is 5.32 Å². The van der Waals surface area contributed by atoms with Crippen molar-refractivity contribution in [3.63, 3.8) is 0 Å². The summed E-state index contributed by atoms with van der Waals surface area (Å²) < 4.78 is 27.7. The Balaban J connectivity index is 2.00. The molecule has 0 atom stereocenters. The number of benzene rings is 2. The Morgan fingerprint density at radius 2 is 1.57 bits per heavy atom. The topological polar surface area (TPSA) is 93.1 Å². The molecule has 0 aliphatic carbocycles. The van der Waals surface area contributed by atoms with Gasteiger partial charge in [-0.25, -0.2) is 13.4 Å². The molecule has 0 saturated carbocycles. The van der Waals surface area contributed by atoms with Crippen LogP contribution in [0.2, 0.25) is 0 Å². The van der Waals surface area contributed by atoms with Crippen molar-refractivity contribution in [2.24, 2.45) is 0 Å². The minimum Gasteiger partial charge on any atom is -0.341 e. The lowest BCUT2D eigenvalue weighted by Crippen LogP contribution is -2.16. The van der Waals surface area contributed by atoms with E-state index in [0.29, 0.717) is 22.5 Å². The van der Waals surface area contributed by atoms with Gasteiger partial charge in [-0.15, -0.1) is 0 Å². The molecule has 4 aromatic rings. The highest BCUT2D eigenvalue weighted by Gasteiger charge is 2.16. The van der Waals surface area contributed by atoms with Gasteiger partial charge in [0.2, 0.25) is 10.0 Å². The lowest BCUT2D eigenvalue weighted by Gasteiger charge is -2.19. The third-order valence-electron chi connectivity index (χ3n) is 4.53. The van der Waals surface area contributed by atoms with Crippen LogP contribution in [0.4, 0.5) is 17.2 Å². The zero-order valence-electron chi connectivity index (χ0n) is 16.5. The van der Waals surface area contributed by atoms with Gasteiger partial charge in [0.1, 0.15) is 11.5 Å². The first-order valence-electron chi connectivity index (χ1n) is 9.24. The van der Waals surface area contributed by atoms with Gasteiger partial charge in [-0.1, -0.05) is 36.4 Å². The number of aryl methyl sites for hydroxylation is 1. The summed E-state index contributed by atoms with van der Waals surface area (Å²) >= 11 is 0.